The molecule has 0 aliphatic rings. The Balaban J connectivity index is 1.53. The van der Waals surface area contributed by atoms with E-state index in [1.54, 1.807) is 17.5 Å². The van der Waals surface area contributed by atoms with Gasteiger partial charge in [-0.2, -0.15) is 0 Å². The molecule has 0 aliphatic heterocycles. The van der Waals surface area contributed by atoms with E-state index in [9.17, 15) is 5.11 Å². The number of nitrogens with one attached hydrogen (secondary N) is 1. The number of hydrogen-bond donors (Lipinski definition) is 2. The van der Waals surface area contributed by atoms with Crippen LogP contribution in [-0.2, 0) is 17.7 Å². The maximum Gasteiger partial charge on any atom is 0.0897 e. The third-order valence-electron chi connectivity index (χ3n) is 3.04. The Morgan fingerprint density at radius 3 is 3.00 bits per heavy atom. The van der Waals surface area contributed by atoms with Crippen molar-refractivity contribution in [2.24, 2.45) is 0 Å². The molecule has 6 heteroatoms. The van der Waals surface area contributed by atoms with E-state index in [4.69, 9.17) is 4.74 Å². The smallest absolute Gasteiger partial charge is 0.0897 e. The number of hydrogen-bond acceptors (Lipinski definition) is 6. The molecule has 2 aromatic rings. The van der Waals surface area contributed by atoms with Gasteiger partial charge in [-0.1, -0.05) is 6.07 Å². The van der Waals surface area contributed by atoms with Crippen molar-refractivity contribution in [1.29, 1.82) is 0 Å². The first-order chi connectivity index (χ1) is 10.3. The van der Waals surface area contributed by atoms with Crippen LogP contribution >= 0.6 is 11.3 Å². The first kappa shape index (κ1) is 16.0. The Morgan fingerprint density at radius 1 is 1.38 bits per heavy atom. The van der Waals surface area contributed by atoms with E-state index in [2.05, 4.69) is 15.3 Å². The quantitative estimate of drug-likeness (QED) is 0.688. The Hall–Kier alpha value is -1.34. The second-order valence-corrected chi connectivity index (χ2v) is 5.73. The molecule has 114 valence electrons. The summed E-state index contributed by atoms with van der Waals surface area (Å²) in [5.74, 6) is 0. The lowest BCUT2D eigenvalue weighted by molar-refractivity contribution is 0.0383. The average molecular weight is 307 g/mol. The standard InChI is InChI=1S/C15H21N3O2S/c1-12-15(21-11-18-12)5-7-20-10-14(19)9-16-8-13-4-2-3-6-17-13/h2-4,6,11,14,16,19H,5,7-10H2,1H3. The number of nitrogens with zero attached hydrogens (tertiary/aromatic N) is 2. The Kier molecular flexibility index (Phi) is 6.75. The number of aromatic nitrogens is 2. The number of pyridine rings is 1. The number of aliphatic hydroxyl groups is 1. The molecule has 0 spiro atoms. The van der Waals surface area contributed by atoms with Crippen molar-refractivity contribution in [2.75, 3.05) is 19.8 Å². The molecule has 0 bridgehead atoms. The van der Waals surface area contributed by atoms with Gasteiger partial charge in [-0.05, 0) is 19.1 Å². The summed E-state index contributed by atoms with van der Waals surface area (Å²) in [6.07, 6.45) is 2.11. The van der Waals surface area contributed by atoms with Gasteiger partial charge in [0.1, 0.15) is 0 Å². The number of thiazole rings is 1. The SMILES string of the molecule is Cc1ncsc1CCOCC(O)CNCc1ccccn1. The molecular formula is C15H21N3O2S. The highest BCUT2D eigenvalue weighted by Gasteiger charge is 2.05. The predicted molar refractivity (Wildman–Crippen MR) is 83.3 cm³/mol. The zero-order valence-corrected chi connectivity index (χ0v) is 13.0. The molecule has 2 aromatic heterocycles. The van der Waals surface area contributed by atoms with Crippen molar-refractivity contribution in [3.63, 3.8) is 0 Å². The van der Waals surface area contributed by atoms with Crippen molar-refractivity contribution < 1.29 is 9.84 Å². The predicted octanol–water partition coefficient (Wildman–Crippen LogP) is 1.56. The van der Waals surface area contributed by atoms with Crippen LogP contribution in [0.4, 0.5) is 0 Å². The topological polar surface area (TPSA) is 67.3 Å². The van der Waals surface area contributed by atoms with Gasteiger partial charge in [-0.3, -0.25) is 4.98 Å². The minimum Gasteiger partial charge on any atom is -0.389 e. The summed E-state index contributed by atoms with van der Waals surface area (Å²) in [7, 11) is 0. The summed E-state index contributed by atoms with van der Waals surface area (Å²) >= 11 is 1.65. The zero-order chi connectivity index (χ0) is 14.9. The van der Waals surface area contributed by atoms with E-state index in [0.717, 1.165) is 17.8 Å². The van der Waals surface area contributed by atoms with E-state index in [0.29, 0.717) is 26.3 Å². The normalized spacial score (nSPS) is 12.5. The highest BCUT2D eigenvalue weighted by atomic mass is 32.1. The zero-order valence-electron chi connectivity index (χ0n) is 12.2. The van der Waals surface area contributed by atoms with Gasteiger partial charge in [0.05, 0.1) is 36.2 Å². The van der Waals surface area contributed by atoms with Crippen molar-refractivity contribution in [2.45, 2.75) is 26.0 Å². The van der Waals surface area contributed by atoms with E-state index in [-0.39, 0.29) is 0 Å². The second kappa shape index (κ2) is 8.84. The van der Waals surface area contributed by atoms with E-state index in [1.165, 1.54) is 4.88 Å². The van der Waals surface area contributed by atoms with Crippen LogP contribution in [0.5, 0.6) is 0 Å². The molecule has 0 fully saturated rings. The molecule has 2 N–H and O–H groups in total. The third-order valence-corrected chi connectivity index (χ3v) is 4.04. The first-order valence-electron chi connectivity index (χ1n) is 7.01. The fraction of sp³-hybridized carbons (Fsp3) is 0.467. The summed E-state index contributed by atoms with van der Waals surface area (Å²) < 4.78 is 5.50. The number of aryl methyl sites for hydroxylation is 1. The molecule has 0 radical (unpaired) electrons. The lowest BCUT2D eigenvalue weighted by atomic mass is 10.3. The minimum atomic E-state index is -0.503. The van der Waals surface area contributed by atoms with Crippen LogP contribution in [0.15, 0.2) is 29.9 Å². The van der Waals surface area contributed by atoms with E-state index >= 15 is 0 Å². The summed E-state index contributed by atoms with van der Waals surface area (Å²) in [4.78, 5) is 9.65. The molecule has 2 heterocycles. The molecule has 0 aromatic carbocycles. The van der Waals surface area contributed by atoms with Crippen LogP contribution in [0.25, 0.3) is 0 Å². The fourth-order valence-corrected chi connectivity index (χ4v) is 2.64. The molecule has 0 amide bonds. The van der Waals surface area contributed by atoms with Crippen molar-refractivity contribution in [1.82, 2.24) is 15.3 Å². The lowest BCUT2D eigenvalue weighted by Crippen LogP contribution is -2.30. The van der Waals surface area contributed by atoms with Crippen molar-refractivity contribution >= 4 is 11.3 Å². The fourth-order valence-electron chi connectivity index (χ4n) is 1.88. The molecule has 0 saturated carbocycles. The Morgan fingerprint density at radius 2 is 2.29 bits per heavy atom. The van der Waals surface area contributed by atoms with Crippen LogP contribution < -0.4 is 5.32 Å². The van der Waals surface area contributed by atoms with E-state index < -0.39 is 6.10 Å². The molecule has 1 atom stereocenters. The van der Waals surface area contributed by atoms with Crippen LogP contribution in [-0.4, -0.2) is 40.9 Å². The summed E-state index contributed by atoms with van der Waals surface area (Å²) in [6, 6.07) is 5.79. The molecule has 0 saturated heterocycles. The molecule has 21 heavy (non-hydrogen) atoms. The van der Waals surface area contributed by atoms with E-state index in [1.807, 2.05) is 30.6 Å². The number of ether oxygens (including phenoxy) is 1. The molecule has 0 aliphatic carbocycles. The number of rotatable bonds is 9. The Labute approximate surface area is 129 Å². The van der Waals surface area contributed by atoms with Crippen LogP contribution in [0, 0.1) is 6.92 Å². The molecular weight excluding hydrogens is 286 g/mol. The highest BCUT2D eigenvalue weighted by molar-refractivity contribution is 7.09. The van der Waals surface area contributed by atoms with Crippen molar-refractivity contribution in [3.05, 3.63) is 46.2 Å². The molecule has 2 rings (SSSR count). The first-order valence-corrected chi connectivity index (χ1v) is 7.89. The highest BCUT2D eigenvalue weighted by Crippen LogP contribution is 2.12. The van der Waals surface area contributed by atoms with Gasteiger partial charge in [0.25, 0.3) is 0 Å². The molecule has 1 unspecified atom stereocenters. The van der Waals surface area contributed by atoms with Gasteiger partial charge in [0.15, 0.2) is 0 Å². The second-order valence-electron chi connectivity index (χ2n) is 4.79. The van der Waals surface area contributed by atoms with Gasteiger partial charge in [-0.15, -0.1) is 11.3 Å². The Bertz CT molecular complexity index is 519. The average Bonchev–Trinajstić information content (AvgIpc) is 2.90. The number of aliphatic hydroxyl groups excluding tert-OH is 1. The van der Waals surface area contributed by atoms with Gasteiger partial charge < -0.3 is 15.2 Å². The largest absolute Gasteiger partial charge is 0.389 e. The van der Waals surface area contributed by atoms with Gasteiger partial charge in [0.2, 0.25) is 0 Å². The lowest BCUT2D eigenvalue weighted by Gasteiger charge is -2.12. The summed E-state index contributed by atoms with van der Waals surface area (Å²) in [5.41, 5.74) is 3.88. The monoisotopic (exact) mass is 307 g/mol. The summed E-state index contributed by atoms with van der Waals surface area (Å²) in [6.45, 7) is 4.10. The maximum atomic E-state index is 9.82. The van der Waals surface area contributed by atoms with Crippen molar-refractivity contribution in [3.8, 4) is 0 Å². The van der Waals surface area contributed by atoms with Gasteiger partial charge >= 0.3 is 0 Å². The third kappa shape index (κ3) is 5.89. The van der Waals surface area contributed by atoms with Crippen LogP contribution in [0.1, 0.15) is 16.3 Å². The molecule has 5 nitrogen and oxygen atoms in total. The van der Waals surface area contributed by atoms with Crippen LogP contribution in [0.3, 0.4) is 0 Å². The van der Waals surface area contributed by atoms with Gasteiger partial charge in [-0.25, -0.2) is 4.98 Å². The van der Waals surface area contributed by atoms with Crippen LogP contribution in [0.2, 0.25) is 0 Å². The van der Waals surface area contributed by atoms with Gasteiger partial charge in [0, 0.05) is 30.6 Å². The maximum absolute atomic E-state index is 9.82. The minimum absolute atomic E-state index is 0.340. The summed E-state index contributed by atoms with van der Waals surface area (Å²) in [5, 5.41) is 13.0.